The van der Waals surface area contributed by atoms with Crippen molar-refractivity contribution < 1.29 is 23.4 Å². The number of nitrogens with zero attached hydrogens (tertiary/aromatic N) is 1. The predicted octanol–water partition coefficient (Wildman–Crippen LogP) is 4.71. The zero-order valence-electron chi connectivity index (χ0n) is 18.1. The monoisotopic (exact) mass is 431 g/mol. The Labute approximate surface area is 184 Å². The predicted molar refractivity (Wildman–Crippen MR) is 120 cm³/mol. The molecule has 7 heteroatoms. The largest absolute Gasteiger partial charge is 0.493 e. The lowest BCUT2D eigenvalue weighted by Crippen LogP contribution is -2.16. The highest BCUT2D eigenvalue weighted by atomic mass is 16.5. The Hall–Kier alpha value is -4.13. The molecule has 2 aromatic carbocycles. The Bertz CT molecular complexity index is 1380. The fourth-order valence-corrected chi connectivity index (χ4v) is 3.53. The molecule has 4 aromatic rings. The maximum absolute atomic E-state index is 13.5. The summed E-state index contributed by atoms with van der Waals surface area (Å²) in [6.45, 7) is 3.74. The quantitative estimate of drug-likeness (QED) is 0.423. The van der Waals surface area contributed by atoms with Gasteiger partial charge in [0.15, 0.2) is 17.3 Å². The number of carbonyl (C=O) groups excluding carboxylic acids is 1. The summed E-state index contributed by atoms with van der Waals surface area (Å²) in [5, 5.41) is 0.334. The summed E-state index contributed by atoms with van der Waals surface area (Å²) in [4.78, 5) is 30.2. The van der Waals surface area contributed by atoms with Crippen molar-refractivity contribution in [3.8, 4) is 28.6 Å². The maximum Gasteiger partial charge on any atom is 0.345 e. The van der Waals surface area contributed by atoms with E-state index in [1.165, 1.54) is 20.4 Å². The van der Waals surface area contributed by atoms with Crippen LogP contribution in [0.4, 0.5) is 0 Å². The first-order valence-electron chi connectivity index (χ1n) is 9.85. The number of rotatable bonds is 5. The van der Waals surface area contributed by atoms with E-state index in [9.17, 15) is 9.59 Å². The van der Waals surface area contributed by atoms with Gasteiger partial charge < -0.3 is 18.6 Å². The molecule has 0 saturated carbocycles. The second-order valence-electron chi connectivity index (χ2n) is 7.25. The second-order valence-corrected chi connectivity index (χ2v) is 7.25. The summed E-state index contributed by atoms with van der Waals surface area (Å²) >= 11 is 0. The minimum Gasteiger partial charge on any atom is -0.493 e. The van der Waals surface area contributed by atoms with Crippen molar-refractivity contribution in [1.29, 1.82) is 0 Å². The van der Waals surface area contributed by atoms with Gasteiger partial charge in [0.2, 0.25) is 11.2 Å². The van der Waals surface area contributed by atoms with Crippen molar-refractivity contribution in [2.45, 2.75) is 13.8 Å². The van der Waals surface area contributed by atoms with Crippen LogP contribution in [-0.4, -0.2) is 25.2 Å². The number of hydrogen-bond donors (Lipinski definition) is 0. The van der Waals surface area contributed by atoms with Gasteiger partial charge in [0.05, 0.1) is 25.2 Å². The molecule has 0 aliphatic rings. The van der Waals surface area contributed by atoms with Crippen LogP contribution in [0.2, 0.25) is 0 Å². The molecule has 0 fully saturated rings. The molecule has 0 saturated heterocycles. The van der Waals surface area contributed by atoms with Crippen LogP contribution in [0.5, 0.6) is 17.2 Å². The van der Waals surface area contributed by atoms with Gasteiger partial charge in [-0.05, 0) is 61.4 Å². The molecule has 0 bridgehead atoms. The van der Waals surface area contributed by atoms with Gasteiger partial charge in [-0.3, -0.25) is 9.78 Å². The summed E-state index contributed by atoms with van der Waals surface area (Å²) in [5.74, 6) is 0.157. The summed E-state index contributed by atoms with van der Waals surface area (Å²) < 4.78 is 22.4. The molecule has 0 atom stereocenters. The molecule has 2 heterocycles. The highest BCUT2D eigenvalue weighted by Gasteiger charge is 2.23. The first kappa shape index (κ1) is 21.1. The summed E-state index contributed by atoms with van der Waals surface area (Å²) in [6.07, 6.45) is 2.91. The van der Waals surface area contributed by atoms with Crippen molar-refractivity contribution in [2.24, 2.45) is 0 Å². The van der Waals surface area contributed by atoms with E-state index in [1.54, 1.807) is 42.6 Å². The molecule has 0 radical (unpaired) electrons. The molecular weight excluding hydrogens is 410 g/mol. The number of benzene rings is 2. The summed E-state index contributed by atoms with van der Waals surface area (Å²) in [7, 11) is 3.04. The Morgan fingerprint density at radius 2 is 1.78 bits per heavy atom. The molecule has 0 spiro atoms. The van der Waals surface area contributed by atoms with Gasteiger partial charge in [0.25, 0.3) is 0 Å². The highest BCUT2D eigenvalue weighted by Crippen LogP contribution is 2.37. The van der Waals surface area contributed by atoms with Crippen molar-refractivity contribution in [1.82, 2.24) is 4.98 Å². The van der Waals surface area contributed by atoms with Crippen LogP contribution in [0, 0.1) is 13.8 Å². The van der Waals surface area contributed by atoms with Gasteiger partial charge in [-0.15, -0.1) is 0 Å². The third-order valence-corrected chi connectivity index (χ3v) is 5.02. The van der Waals surface area contributed by atoms with Gasteiger partial charge >= 0.3 is 5.97 Å². The van der Waals surface area contributed by atoms with E-state index < -0.39 is 11.4 Å². The zero-order valence-corrected chi connectivity index (χ0v) is 18.1. The number of aromatic nitrogens is 1. The normalized spacial score (nSPS) is 10.8. The molecule has 4 rings (SSSR count). The molecule has 0 aliphatic carbocycles. The molecule has 7 nitrogen and oxygen atoms in total. The van der Waals surface area contributed by atoms with Crippen LogP contribution in [0.1, 0.15) is 21.5 Å². The number of esters is 1. The lowest BCUT2D eigenvalue weighted by Gasteiger charge is -2.14. The first-order valence-corrected chi connectivity index (χ1v) is 9.85. The van der Waals surface area contributed by atoms with E-state index in [1.807, 2.05) is 19.9 Å². The van der Waals surface area contributed by atoms with Crippen LogP contribution in [0.3, 0.4) is 0 Å². The minimum absolute atomic E-state index is 0.118. The number of methoxy groups -OCH3 is 2. The molecule has 0 N–H and O–H groups in total. The van der Waals surface area contributed by atoms with E-state index in [0.29, 0.717) is 28.0 Å². The Morgan fingerprint density at radius 3 is 2.47 bits per heavy atom. The number of aryl methyl sites for hydroxylation is 2. The van der Waals surface area contributed by atoms with E-state index in [0.717, 1.165) is 11.1 Å². The number of carbonyl (C=O) groups is 1. The van der Waals surface area contributed by atoms with Crippen LogP contribution in [0.25, 0.3) is 22.3 Å². The van der Waals surface area contributed by atoms with Crippen molar-refractivity contribution >= 4 is 16.9 Å². The summed E-state index contributed by atoms with van der Waals surface area (Å²) in [5.41, 5.74) is 2.38. The van der Waals surface area contributed by atoms with Crippen LogP contribution in [-0.2, 0) is 0 Å². The van der Waals surface area contributed by atoms with Crippen molar-refractivity contribution in [3.63, 3.8) is 0 Å². The fraction of sp³-hybridized carbons (Fsp3) is 0.160. The molecule has 0 aliphatic heterocycles. The second kappa shape index (κ2) is 8.55. The smallest absolute Gasteiger partial charge is 0.345 e. The molecule has 162 valence electrons. The Balaban J connectivity index is 1.97. The number of ether oxygens (including phenoxy) is 3. The highest BCUT2D eigenvalue weighted by molar-refractivity contribution is 5.93. The molecule has 2 aromatic heterocycles. The third-order valence-electron chi connectivity index (χ3n) is 5.02. The van der Waals surface area contributed by atoms with Gasteiger partial charge in [-0.1, -0.05) is 6.07 Å². The zero-order chi connectivity index (χ0) is 22.8. The van der Waals surface area contributed by atoms with E-state index in [2.05, 4.69) is 4.98 Å². The van der Waals surface area contributed by atoms with Gasteiger partial charge in [-0.25, -0.2) is 4.79 Å². The topological polar surface area (TPSA) is 87.9 Å². The first-order chi connectivity index (χ1) is 15.4. The lowest BCUT2D eigenvalue weighted by molar-refractivity contribution is 0.0731. The maximum atomic E-state index is 13.5. The minimum atomic E-state index is -0.712. The van der Waals surface area contributed by atoms with Crippen LogP contribution >= 0.6 is 0 Å². The van der Waals surface area contributed by atoms with E-state index >= 15 is 0 Å². The molecule has 0 unspecified atom stereocenters. The van der Waals surface area contributed by atoms with Crippen LogP contribution < -0.4 is 19.6 Å². The molecule has 0 amide bonds. The molecule has 32 heavy (non-hydrogen) atoms. The standard InChI is InChI=1S/C25H21NO6/c1-14-10-15(2)22-18(11-14)21(27)24(32-25(28)17-6-5-9-26-13-17)23(31-22)16-7-8-19(29-3)20(12-16)30-4/h5-13H,1-4H3. The third kappa shape index (κ3) is 3.80. The van der Waals surface area contributed by atoms with E-state index in [-0.39, 0.29) is 17.1 Å². The fourth-order valence-electron chi connectivity index (χ4n) is 3.53. The van der Waals surface area contributed by atoms with Gasteiger partial charge in [-0.2, -0.15) is 0 Å². The number of hydrogen-bond acceptors (Lipinski definition) is 7. The Morgan fingerprint density at radius 1 is 1.00 bits per heavy atom. The SMILES string of the molecule is COc1ccc(-c2oc3c(C)cc(C)cc3c(=O)c2OC(=O)c2cccnc2)cc1OC. The number of fused-ring (bicyclic) bond motifs is 1. The number of pyridine rings is 1. The van der Waals surface area contributed by atoms with Crippen molar-refractivity contribution in [3.05, 3.63) is 81.8 Å². The van der Waals surface area contributed by atoms with Gasteiger partial charge in [0, 0.05) is 18.0 Å². The average molecular weight is 431 g/mol. The Kier molecular flexibility index (Phi) is 5.64. The lowest BCUT2D eigenvalue weighted by atomic mass is 10.0. The van der Waals surface area contributed by atoms with Gasteiger partial charge in [0.1, 0.15) is 5.58 Å². The molecular formula is C25H21NO6. The summed E-state index contributed by atoms with van der Waals surface area (Å²) in [6, 6.07) is 11.9. The van der Waals surface area contributed by atoms with E-state index in [4.69, 9.17) is 18.6 Å². The van der Waals surface area contributed by atoms with Crippen molar-refractivity contribution in [2.75, 3.05) is 14.2 Å². The average Bonchev–Trinajstić information content (AvgIpc) is 2.81. The van der Waals surface area contributed by atoms with Crippen LogP contribution in [0.15, 0.2) is 64.1 Å².